The first-order chi connectivity index (χ1) is 18.0. The Labute approximate surface area is 216 Å². The highest BCUT2D eigenvalue weighted by Crippen LogP contribution is 2.37. The molecule has 1 atom stereocenters. The van der Waals surface area contributed by atoms with Gasteiger partial charge in [0.25, 0.3) is 0 Å². The van der Waals surface area contributed by atoms with Gasteiger partial charge in [-0.15, -0.1) is 0 Å². The maximum atomic E-state index is 13.3. The van der Waals surface area contributed by atoms with Gasteiger partial charge in [-0.05, 0) is 51.2 Å². The molecule has 0 aromatic carbocycles. The highest BCUT2D eigenvalue weighted by Gasteiger charge is 2.42. The van der Waals surface area contributed by atoms with E-state index in [4.69, 9.17) is 9.26 Å². The summed E-state index contributed by atoms with van der Waals surface area (Å²) in [5.74, 6) is 0.668. The zero-order valence-electron chi connectivity index (χ0n) is 21.4. The molecule has 2 aliphatic heterocycles. The van der Waals surface area contributed by atoms with Crippen LogP contribution in [0, 0.1) is 5.41 Å². The van der Waals surface area contributed by atoms with Gasteiger partial charge in [-0.25, -0.2) is 0 Å². The normalized spacial score (nSPS) is 21.3. The van der Waals surface area contributed by atoms with Crippen LogP contribution in [-0.4, -0.2) is 76.6 Å². The monoisotopic (exact) mass is 512 g/mol. The quantitative estimate of drug-likeness (QED) is 0.619. The van der Waals surface area contributed by atoms with Gasteiger partial charge in [0.1, 0.15) is 11.7 Å². The van der Waals surface area contributed by atoms with E-state index in [9.17, 15) is 14.4 Å². The number of likely N-dealkylation sites (tertiary alicyclic amines) is 1. The van der Waals surface area contributed by atoms with Crippen molar-refractivity contribution in [3.8, 4) is 11.5 Å². The van der Waals surface area contributed by atoms with Crippen LogP contribution in [-0.2, 0) is 25.5 Å². The summed E-state index contributed by atoms with van der Waals surface area (Å²) in [5, 5.41) is 9.68. The van der Waals surface area contributed by atoms with Gasteiger partial charge in [-0.2, -0.15) is 4.98 Å². The molecule has 2 aliphatic rings. The van der Waals surface area contributed by atoms with Gasteiger partial charge in [-0.1, -0.05) is 17.6 Å². The summed E-state index contributed by atoms with van der Waals surface area (Å²) in [6.07, 6.45) is 6.74. The van der Waals surface area contributed by atoms with E-state index in [1.807, 2.05) is 23.1 Å². The Balaban J connectivity index is 1.28. The van der Waals surface area contributed by atoms with Gasteiger partial charge in [-0.3, -0.25) is 19.4 Å². The van der Waals surface area contributed by atoms with Gasteiger partial charge < -0.3 is 24.8 Å². The largest absolute Gasteiger partial charge is 0.380 e. The Morgan fingerprint density at radius 1 is 1.16 bits per heavy atom. The van der Waals surface area contributed by atoms with Crippen LogP contribution in [0.2, 0.25) is 0 Å². The summed E-state index contributed by atoms with van der Waals surface area (Å²) in [6, 6.07) is 4.88. The molecule has 1 spiro atoms. The smallest absolute Gasteiger partial charge is 0.242 e. The number of amides is 3. The molecule has 2 N–H and O–H groups in total. The standard InChI is InChI=1S/C26H36N6O5/c1-19-24(34)28-14-18-36-17-5-3-10-26(25(35)29-19)11-15-32(16-12-26)22(33)9-6-8-21-30-23(31-37-21)20-7-2-4-13-27-20/h2,4,7,13,19H,3,5-6,8-12,14-18H2,1H3,(H,28,34)(H,29,35)/t19-/m0/s1. The van der Waals surface area contributed by atoms with Gasteiger partial charge >= 0.3 is 0 Å². The molecule has 0 saturated carbocycles. The fraction of sp³-hybridized carbons (Fsp3) is 0.615. The summed E-state index contributed by atoms with van der Waals surface area (Å²) in [6.45, 7) is 4.24. The fourth-order valence-corrected chi connectivity index (χ4v) is 4.86. The molecule has 0 radical (unpaired) electrons. The molecule has 200 valence electrons. The molecule has 2 aromatic rings. The molecule has 4 rings (SSSR count). The highest BCUT2D eigenvalue weighted by atomic mass is 16.5. The number of pyridine rings is 1. The van der Waals surface area contributed by atoms with Gasteiger partial charge in [0.15, 0.2) is 0 Å². The van der Waals surface area contributed by atoms with Crippen molar-refractivity contribution < 1.29 is 23.6 Å². The van der Waals surface area contributed by atoms with Crippen molar-refractivity contribution in [2.75, 3.05) is 32.8 Å². The molecule has 2 saturated heterocycles. The van der Waals surface area contributed by atoms with E-state index >= 15 is 0 Å². The Bertz CT molecular complexity index is 1050. The van der Waals surface area contributed by atoms with Crippen LogP contribution in [0.4, 0.5) is 0 Å². The summed E-state index contributed by atoms with van der Waals surface area (Å²) >= 11 is 0. The Morgan fingerprint density at radius 2 is 2.00 bits per heavy atom. The topological polar surface area (TPSA) is 140 Å². The van der Waals surface area contributed by atoms with E-state index in [2.05, 4.69) is 25.8 Å². The number of aromatic nitrogens is 3. The molecule has 2 aromatic heterocycles. The number of hydrogen-bond acceptors (Lipinski definition) is 8. The van der Waals surface area contributed by atoms with Crippen LogP contribution in [0.1, 0.15) is 57.8 Å². The minimum atomic E-state index is -0.618. The van der Waals surface area contributed by atoms with E-state index in [1.165, 1.54) is 0 Å². The first-order valence-corrected chi connectivity index (χ1v) is 13.1. The zero-order valence-corrected chi connectivity index (χ0v) is 21.4. The number of nitrogens with one attached hydrogen (secondary N) is 2. The lowest BCUT2D eigenvalue weighted by Gasteiger charge is -2.41. The van der Waals surface area contributed by atoms with E-state index in [0.717, 1.165) is 12.8 Å². The summed E-state index contributed by atoms with van der Waals surface area (Å²) < 4.78 is 10.9. The predicted octanol–water partition coefficient (Wildman–Crippen LogP) is 1.88. The van der Waals surface area contributed by atoms with Crippen LogP contribution in [0.15, 0.2) is 28.9 Å². The SMILES string of the molecule is C[C@@H]1NC(=O)C2(CCCCOCCNC1=O)CCN(C(=O)CCCc1nc(-c3ccccn3)no1)CC2. The van der Waals surface area contributed by atoms with Crippen molar-refractivity contribution in [1.29, 1.82) is 0 Å². The van der Waals surface area contributed by atoms with E-state index in [1.54, 1.807) is 13.1 Å². The van der Waals surface area contributed by atoms with Crippen LogP contribution >= 0.6 is 0 Å². The molecule has 11 heteroatoms. The van der Waals surface area contributed by atoms with Crippen LogP contribution in [0.3, 0.4) is 0 Å². The number of aryl methyl sites for hydroxylation is 1. The second kappa shape index (κ2) is 12.8. The molecule has 3 amide bonds. The lowest BCUT2D eigenvalue weighted by atomic mass is 9.73. The number of carbonyl (C=O) groups is 3. The molecule has 2 fully saturated rings. The van der Waals surface area contributed by atoms with Crippen LogP contribution < -0.4 is 10.6 Å². The number of rotatable bonds is 5. The lowest BCUT2D eigenvalue weighted by Crippen LogP contribution is -2.54. The van der Waals surface area contributed by atoms with Gasteiger partial charge in [0.05, 0.1) is 12.0 Å². The van der Waals surface area contributed by atoms with Crippen LogP contribution in [0.5, 0.6) is 0 Å². The average Bonchev–Trinajstić information content (AvgIpc) is 3.39. The minimum absolute atomic E-state index is 0.0607. The van der Waals surface area contributed by atoms with Crippen LogP contribution in [0.25, 0.3) is 11.5 Å². The van der Waals surface area contributed by atoms with Crippen molar-refractivity contribution in [3.63, 3.8) is 0 Å². The first kappa shape index (κ1) is 26.7. The zero-order chi connectivity index (χ0) is 26.1. The third kappa shape index (κ3) is 7.12. The molecule has 0 bridgehead atoms. The molecular formula is C26H36N6O5. The maximum absolute atomic E-state index is 13.3. The molecule has 11 nitrogen and oxygen atoms in total. The van der Waals surface area contributed by atoms with Crippen molar-refractivity contribution in [1.82, 2.24) is 30.7 Å². The average molecular weight is 513 g/mol. The molecular weight excluding hydrogens is 476 g/mol. The van der Waals surface area contributed by atoms with E-state index in [0.29, 0.717) is 88.8 Å². The summed E-state index contributed by atoms with van der Waals surface area (Å²) in [7, 11) is 0. The van der Waals surface area contributed by atoms with E-state index in [-0.39, 0.29) is 17.7 Å². The van der Waals surface area contributed by atoms with Gasteiger partial charge in [0.2, 0.25) is 29.4 Å². The number of piperidine rings is 1. The second-order valence-electron chi connectivity index (χ2n) is 9.80. The minimum Gasteiger partial charge on any atom is -0.380 e. The third-order valence-electron chi connectivity index (χ3n) is 7.18. The fourth-order valence-electron chi connectivity index (χ4n) is 4.86. The predicted molar refractivity (Wildman–Crippen MR) is 134 cm³/mol. The Morgan fingerprint density at radius 3 is 2.78 bits per heavy atom. The maximum Gasteiger partial charge on any atom is 0.242 e. The number of hydrogen-bond donors (Lipinski definition) is 2. The van der Waals surface area contributed by atoms with Gasteiger partial charge in [0, 0.05) is 45.3 Å². The number of nitrogens with zero attached hydrogens (tertiary/aromatic N) is 4. The summed E-state index contributed by atoms with van der Waals surface area (Å²) in [4.78, 5) is 48.9. The Kier molecular flexibility index (Phi) is 9.21. The molecule has 37 heavy (non-hydrogen) atoms. The van der Waals surface area contributed by atoms with Crippen molar-refractivity contribution in [3.05, 3.63) is 30.3 Å². The van der Waals surface area contributed by atoms with Crippen molar-refractivity contribution >= 4 is 17.7 Å². The third-order valence-corrected chi connectivity index (χ3v) is 7.18. The van der Waals surface area contributed by atoms with E-state index < -0.39 is 11.5 Å². The molecule has 0 unspecified atom stereocenters. The molecule has 4 heterocycles. The Hall–Kier alpha value is -3.34. The number of carbonyl (C=O) groups excluding carboxylic acids is 3. The lowest BCUT2D eigenvalue weighted by molar-refractivity contribution is -0.142. The first-order valence-electron chi connectivity index (χ1n) is 13.1. The number of ether oxygens (including phenoxy) is 1. The summed E-state index contributed by atoms with van der Waals surface area (Å²) in [5.41, 5.74) is 0.0649. The second-order valence-corrected chi connectivity index (χ2v) is 9.80. The van der Waals surface area contributed by atoms with Crippen molar-refractivity contribution in [2.45, 2.75) is 64.3 Å². The molecule has 0 aliphatic carbocycles. The highest BCUT2D eigenvalue weighted by molar-refractivity contribution is 5.90. The van der Waals surface area contributed by atoms with Crippen molar-refractivity contribution in [2.24, 2.45) is 5.41 Å².